The van der Waals surface area contributed by atoms with Crippen molar-refractivity contribution in [3.05, 3.63) is 48.0 Å². The Morgan fingerprint density at radius 3 is 2.31 bits per heavy atom. The summed E-state index contributed by atoms with van der Waals surface area (Å²) >= 11 is 0. The lowest BCUT2D eigenvalue weighted by molar-refractivity contribution is 0.225. The second-order valence-electron chi connectivity index (χ2n) is 4.88. The molecule has 0 aromatic heterocycles. The molecule has 0 unspecified atom stereocenters. The van der Waals surface area contributed by atoms with Gasteiger partial charge in [0.25, 0.3) is 0 Å². The lowest BCUT2D eigenvalue weighted by Gasteiger charge is -2.42. The Kier molecular flexibility index (Phi) is 2.29. The average molecular weight is 209 g/mol. The molecule has 1 aromatic rings. The second-order valence-corrected chi connectivity index (χ2v) is 4.88. The third kappa shape index (κ3) is 1.38. The van der Waals surface area contributed by atoms with E-state index < -0.39 is 0 Å². The smallest absolute Gasteiger partial charge is 0.0668 e. The Hall–Kier alpha value is -1.55. The molecule has 16 heavy (non-hydrogen) atoms. The molecule has 0 aliphatic heterocycles. The van der Waals surface area contributed by atoms with Crippen LogP contribution < -0.4 is 0 Å². The second kappa shape index (κ2) is 3.79. The van der Waals surface area contributed by atoms with Crippen molar-refractivity contribution in [3.63, 3.8) is 0 Å². The molecule has 1 heteroatoms. The van der Waals surface area contributed by atoms with Crippen molar-refractivity contribution in [1.82, 2.24) is 0 Å². The van der Waals surface area contributed by atoms with Gasteiger partial charge in [-0.15, -0.1) is 0 Å². The van der Waals surface area contributed by atoms with Gasteiger partial charge >= 0.3 is 0 Å². The van der Waals surface area contributed by atoms with E-state index in [1.165, 1.54) is 18.4 Å². The molecule has 1 aromatic carbocycles. The number of hydrogen-bond donors (Lipinski definition) is 0. The summed E-state index contributed by atoms with van der Waals surface area (Å²) in [6, 6.07) is 13.1. The molecule has 1 fully saturated rings. The monoisotopic (exact) mass is 209 g/mol. The van der Waals surface area contributed by atoms with Gasteiger partial charge in [-0.25, -0.2) is 0 Å². The van der Waals surface area contributed by atoms with Crippen LogP contribution in [0.3, 0.4) is 0 Å². The summed E-state index contributed by atoms with van der Waals surface area (Å²) in [7, 11) is 0. The SMILES string of the molecule is N#C[C@@H]1[C@H](c2ccccc2)[C@@H]2C=C[C@H]1CC2. The first-order valence-corrected chi connectivity index (χ1v) is 6.03. The van der Waals surface area contributed by atoms with Gasteiger partial charge in [0.2, 0.25) is 0 Å². The lowest BCUT2D eigenvalue weighted by Crippen LogP contribution is -2.34. The molecule has 2 bridgehead atoms. The van der Waals surface area contributed by atoms with E-state index in [2.05, 4.69) is 42.5 Å². The fourth-order valence-electron chi connectivity index (χ4n) is 3.30. The van der Waals surface area contributed by atoms with Crippen LogP contribution in [0.5, 0.6) is 0 Å². The van der Waals surface area contributed by atoms with Crippen molar-refractivity contribution in [1.29, 1.82) is 5.26 Å². The van der Waals surface area contributed by atoms with Gasteiger partial charge < -0.3 is 0 Å². The van der Waals surface area contributed by atoms with E-state index in [1.54, 1.807) is 0 Å². The fraction of sp³-hybridized carbons (Fsp3) is 0.400. The van der Waals surface area contributed by atoms with Crippen LogP contribution in [0, 0.1) is 29.1 Å². The molecule has 1 nitrogen and oxygen atoms in total. The van der Waals surface area contributed by atoms with E-state index in [1.807, 2.05) is 6.07 Å². The molecular weight excluding hydrogens is 194 g/mol. The summed E-state index contributed by atoms with van der Waals surface area (Å²) in [5.41, 5.74) is 1.34. The van der Waals surface area contributed by atoms with Gasteiger partial charge in [0, 0.05) is 5.92 Å². The molecule has 0 N–H and O–H groups in total. The number of benzene rings is 1. The van der Waals surface area contributed by atoms with Crippen molar-refractivity contribution in [3.8, 4) is 6.07 Å². The van der Waals surface area contributed by atoms with Crippen molar-refractivity contribution in [2.24, 2.45) is 17.8 Å². The van der Waals surface area contributed by atoms with E-state index in [9.17, 15) is 5.26 Å². The van der Waals surface area contributed by atoms with E-state index in [-0.39, 0.29) is 5.92 Å². The number of hydrogen-bond acceptors (Lipinski definition) is 1. The summed E-state index contributed by atoms with van der Waals surface area (Å²) in [5, 5.41) is 9.36. The quantitative estimate of drug-likeness (QED) is 0.649. The Morgan fingerprint density at radius 2 is 1.69 bits per heavy atom. The van der Waals surface area contributed by atoms with Crippen molar-refractivity contribution >= 4 is 0 Å². The number of nitriles is 1. The number of fused-ring (bicyclic) bond motifs is 2. The highest BCUT2D eigenvalue weighted by molar-refractivity contribution is 5.29. The molecule has 1 saturated carbocycles. The first-order chi connectivity index (χ1) is 7.90. The molecule has 4 atom stereocenters. The molecule has 4 rings (SSSR count). The van der Waals surface area contributed by atoms with Gasteiger partial charge in [-0.3, -0.25) is 0 Å². The molecule has 3 aliphatic carbocycles. The third-order valence-electron chi connectivity index (χ3n) is 4.08. The van der Waals surface area contributed by atoms with Crippen molar-refractivity contribution in [2.45, 2.75) is 18.8 Å². The number of nitrogens with zero attached hydrogens (tertiary/aromatic N) is 1. The highest BCUT2D eigenvalue weighted by Gasteiger charge is 2.41. The Bertz CT molecular complexity index is 440. The molecule has 0 spiro atoms. The normalized spacial score (nSPS) is 35.9. The molecule has 3 aliphatic rings. The molecule has 80 valence electrons. The van der Waals surface area contributed by atoms with Crippen LogP contribution in [-0.2, 0) is 0 Å². The predicted molar refractivity (Wildman–Crippen MR) is 63.6 cm³/mol. The minimum absolute atomic E-state index is 0.186. The van der Waals surface area contributed by atoms with Crippen LogP contribution in [0.15, 0.2) is 42.5 Å². The zero-order chi connectivity index (χ0) is 11.0. The zero-order valence-corrected chi connectivity index (χ0v) is 9.21. The summed E-state index contributed by atoms with van der Waals surface area (Å²) in [4.78, 5) is 0. The van der Waals surface area contributed by atoms with Crippen LogP contribution in [0.25, 0.3) is 0 Å². The van der Waals surface area contributed by atoms with Crippen LogP contribution in [-0.4, -0.2) is 0 Å². The molecule has 0 saturated heterocycles. The molecule has 0 heterocycles. The van der Waals surface area contributed by atoms with Gasteiger partial charge in [0.1, 0.15) is 0 Å². The van der Waals surface area contributed by atoms with Gasteiger partial charge in [0.05, 0.1) is 12.0 Å². The summed E-state index contributed by atoms with van der Waals surface area (Å²) in [6.07, 6.45) is 7.04. The van der Waals surface area contributed by atoms with E-state index in [0.717, 1.165) is 0 Å². The lowest BCUT2D eigenvalue weighted by atomic mass is 9.61. The summed E-state index contributed by atoms with van der Waals surface area (Å²) < 4.78 is 0. The number of allylic oxidation sites excluding steroid dienone is 2. The Morgan fingerprint density at radius 1 is 1.00 bits per heavy atom. The van der Waals surface area contributed by atoms with E-state index in [4.69, 9.17) is 0 Å². The van der Waals surface area contributed by atoms with Gasteiger partial charge in [-0.05, 0) is 30.2 Å². The molecular formula is C15H15N. The van der Waals surface area contributed by atoms with Crippen LogP contribution >= 0.6 is 0 Å². The summed E-state index contributed by atoms with van der Waals surface area (Å²) in [6.45, 7) is 0. The Balaban J connectivity index is 2.01. The van der Waals surface area contributed by atoms with Crippen molar-refractivity contribution < 1.29 is 0 Å². The van der Waals surface area contributed by atoms with Crippen LogP contribution in [0.4, 0.5) is 0 Å². The maximum atomic E-state index is 9.36. The minimum atomic E-state index is 0.186. The van der Waals surface area contributed by atoms with Gasteiger partial charge in [0.15, 0.2) is 0 Å². The zero-order valence-electron chi connectivity index (χ0n) is 9.21. The number of rotatable bonds is 1. The van der Waals surface area contributed by atoms with Crippen molar-refractivity contribution in [2.75, 3.05) is 0 Å². The first kappa shape index (κ1) is 9.66. The highest BCUT2D eigenvalue weighted by atomic mass is 14.5. The maximum Gasteiger partial charge on any atom is 0.0668 e. The predicted octanol–water partition coefficient (Wildman–Crippen LogP) is 3.51. The maximum absolute atomic E-state index is 9.36. The van der Waals surface area contributed by atoms with Gasteiger partial charge in [-0.1, -0.05) is 42.5 Å². The first-order valence-electron chi connectivity index (χ1n) is 6.03. The Labute approximate surface area is 96.4 Å². The molecule has 0 amide bonds. The van der Waals surface area contributed by atoms with E-state index in [0.29, 0.717) is 17.8 Å². The van der Waals surface area contributed by atoms with Crippen LogP contribution in [0.1, 0.15) is 24.3 Å². The topological polar surface area (TPSA) is 23.8 Å². The average Bonchev–Trinajstić information content (AvgIpc) is 2.40. The van der Waals surface area contributed by atoms with E-state index >= 15 is 0 Å². The minimum Gasteiger partial charge on any atom is -0.198 e. The largest absolute Gasteiger partial charge is 0.198 e. The standard InChI is InChI=1S/C15H15N/c16-10-14-11-6-8-13(9-7-11)15(14)12-4-2-1-3-5-12/h1-6,8,11,13-15H,7,9H2/t11-,13+,14-,15+/m0/s1. The van der Waals surface area contributed by atoms with Crippen LogP contribution in [0.2, 0.25) is 0 Å². The molecule has 0 radical (unpaired) electrons. The highest BCUT2D eigenvalue weighted by Crippen LogP contribution is 2.49. The fourth-order valence-corrected chi connectivity index (χ4v) is 3.30. The third-order valence-corrected chi connectivity index (χ3v) is 4.08. The van der Waals surface area contributed by atoms with Gasteiger partial charge in [-0.2, -0.15) is 5.26 Å². The summed E-state index contributed by atoms with van der Waals surface area (Å²) in [5.74, 6) is 1.68.